The molecule has 3 aromatic rings. The van der Waals surface area contributed by atoms with Gasteiger partial charge in [-0.3, -0.25) is 0 Å². The van der Waals surface area contributed by atoms with E-state index in [1.54, 1.807) is 0 Å². The number of para-hydroxylation sites is 1. The molecule has 1 unspecified atom stereocenters. The molecule has 0 fully saturated rings. The number of nitrogens with one attached hydrogen (secondary N) is 1. The molecule has 0 saturated carbocycles. The fourth-order valence-electron chi connectivity index (χ4n) is 2.35. The molecule has 2 aromatic carbocycles. The Kier molecular flexibility index (Phi) is 2.89. The van der Waals surface area contributed by atoms with Crippen molar-refractivity contribution in [3.63, 3.8) is 0 Å². The van der Waals surface area contributed by atoms with E-state index in [1.165, 1.54) is 22.0 Å². The Balaban J connectivity index is 1.89. The Morgan fingerprint density at radius 1 is 0.944 bits per heavy atom. The van der Waals surface area contributed by atoms with Gasteiger partial charge in [0, 0.05) is 23.5 Å². The fourth-order valence-corrected chi connectivity index (χ4v) is 2.35. The zero-order chi connectivity index (χ0) is 12.4. The number of hydrogen-bond acceptors (Lipinski definition) is 0. The zero-order valence-corrected chi connectivity index (χ0v) is 10.4. The van der Waals surface area contributed by atoms with Gasteiger partial charge >= 0.3 is 0 Å². The summed E-state index contributed by atoms with van der Waals surface area (Å²) in [5, 5.41) is 1.29. The van der Waals surface area contributed by atoms with Crippen LogP contribution in [0.15, 0.2) is 60.8 Å². The summed E-state index contributed by atoms with van der Waals surface area (Å²) in [6.07, 6.45) is 4.40. The van der Waals surface area contributed by atoms with Gasteiger partial charge in [-0.25, -0.2) is 0 Å². The van der Waals surface area contributed by atoms with Crippen LogP contribution in [0.1, 0.15) is 24.0 Å². The molecule has 1 radical (unpaired) electrons. The molecule has 3 rings (SSSR count). The van der Waals surface area contributed by atoms with E-state index < -0.39 is 0 Å². The molecule has 18 heavy (non-hydrogen) atoms. The van der Waals surface area contributed by atoms with Gasteiger partial charge in [-0.1, -0.05) is 55.5 Å². The van der Waals surface area contributed by atoms with Gasteiger partial charge in [-0.2, -0.15) is 0 Å². The molecule has 0 aliphatic carbocycles. The molecule has 1 nitrogen and oxygen atoms in total. The lowest BCUT2D eigenvalue weighted by molar-refractivity contribution is 0.907. The highest BCUT2D eigenvalue weighted by molar-refractivity contribution is 5.84. The maximum absolute atomic E-state index is 3.31. The number of hydrogen-bond donors (Lipinski definition) is 1. The Morgan fingerprint density at radius 3 is 2.50 bits per heavy atom. The van der Waals surface area contributed by atoms with Crippen LogP contribution in [0.3, 0.4) is 0 Å². The van der Waals surface area contributed by atoms with Crippen molar-refractivity contribution in [3.8, 4) is 0 Å². The molecule has 0 saturated heterocycles. The lowest BCUT2D eigenvalue weighted by Gasteiger charge is -2.10. The number of fused-ring (bicyclic) bond motifs is 1. The SMILES string of the molecule is CC([CH]c1c[nH]c2ccccc12)c1ccccc1. The Bertz CT molecular complexity index is 637. The van der Waals surface area contributed by atoms with Crippen molar-refractivity contribution >= 4 is 10.9 Å². The van der Waals surface area contributed by atoms with Crippen molar-refractivity contribution in [1.82, 2.24) is 4.98 Å². The molecule has 0 amide bonds. The lowest BCUT2D eigenvalue weighted by atomic mass is 9.94. The van der Waals surface area contributed by atoms with E-state index in [4.69, 9.17) is 0 Å². The summed E-state index contributed by atoms with van der Waals surface area (Å²) >= 11 is 0. The lowest BCUT2D eigenvalue weighted by Crippen LogP contribution is -1.94. The second-order valence-electron chi connectivity index (χ2n) is 4.66. The summed E-state index contributed by atoms with van der Waals surface area (Å²) in [6.45, 7) is 2.23. The standard InChI is InChI=1S/C17H16N/c1-13(14-7-3-2-4-8-14)11-15-12-18-17-10-6-5-9-16(15)17/h2-13,18H,1H3. The van der Waals surface area contributed by atoms with Crippen LogP contribution < -0.4 is 0 Å². The van der Waals surface area contributed by atoms with Gasteiger partial charge in [0.2, 0.25) is 0 Å². The number of aromatic nitrogens is 1. The van der Waals surface area contributed by atoms with Crippen LogP contribution in [-0.2, 0) is 0 Å². The van der Waals surface area contributed by atoms with Crippen LogP contribution in [0.2, 0.25) is 0 Å². The quantitative estimate of drug-likeness (QED) is 0.685. The van der Waals surface area contributed by atoms with Crippen molar-refractivity contribution in [1.29, 1.82) is 0 Å². The summed E-state index contributed by atoms with van der Waals surface area (Å²) < 4.78 is 0. The Labute approximate surface area is 107 Å². The maximum atomic E-state index is 3.31. The summed E-state index contributed by atoms with van der Waals surface area (Å²) in [5.41, 5.74) is 3.83. The topological polar surface area (TPSA) is 15.8 Å². The van der Waals surface area contributed by atoms with Gasteiger partial charge < -0.3 is 4.98 Å². The van der Waals surface area contributed by atoms with Gasteiger partial charge in [0.15, 0.2) is 0 Å². The molecule has 0 bridgehead atoms. The maximum Gasteiger partial charge on any atom is 0.0456 e. The van der Waals surface area contributed by atoms with Crippen LogP contribution >= 0.6 is 0 Å². The summed E-state index contributed by atoms with van der Waals surface area (Å²) in [7, 11) is 0. The van der Waals surface area contributed by atoms with Crippen molar-refractivity contribution in [2.24, 2.45) is 0 Å². The van der Waals surface area contributed by atoms with Crippen LogP contribution in [-0.4, -0.2) is 4.98 Å². The third-order valence-electron chi connectivity index (χ3n) is 3.38. The second-order valence-corrected chi connectivity index (χ2v) is 4.66. The molecule has 0 aliphatic heterocycles. The summed E-state index contributed by atoms with van der Waals surface area (Å²) in [4.78, 5) is 3.31. The average molecular weight is 234 g/mol. The molecular weight excluding hydrogens is 218 g/mol. The highest BCUT2D eigenvalue weighted by Crippen LogP contribution is 2.26. The Hall–Kier alpha value is -2.02. The number of benzene rings is 2. The average Bonchev–Trinajstić information content (AvgIpc) is 2.83. The van der Waals surface area contributed by atoms with E-state index in [2.05, 4.69) is 79.1 Å². The van der Waals surface area contributed by atoms with E-state index in [-0.39, 0.29) is 0 Å². The smallest absolute Gasteiger partial charge is 0.0456 e. The minimum atomic E-state index is 0.422. The minimum absolute atomic E-state index is 0.422. The van der Waals surface area contributed by atoms with E-state index in [0.29, 0.717) is 5.92 Å². The molecule has 0 spiro atoms. The van der Waals surface area contributed by atoms with Gasteiger partial charge in [0.1, 0.15) is 0 Å². The van der Waals surface area contributed by atoms with Gasteiger partial charge in [0.25, 0.3) is 0 Å². The van der Waals surface area contributed by atoms with E-state index >= 15 is 0 Å². The van der Waals surface area contributed by atoms with E-state index in [0.717, 1.165) is 0 Å². The third kappa shape index (κ3) is 2.04. The summed E-state index contributed by atoms with van der Waals surface area (Å²) in [5.74, 6) is 0.422. The molecular formula is C17H16N. The third-order valence-corrected chi connectivity index (χ3v) is 3.38. The first-order valence-corrected chi connectivity index (χ1v) is 6.30. The van der Waals surface area contributed by atoms with Crippen molar-refractivity contribution < 1.29 is 0 Å². The predicted molar refractivity (Wildman–Crippen MR) is 76.6 cm³/mol. The monoisotopic (exact) mass is 234 g/mol. The molecule has 1 N–H and O–H groups in total. The van der Waals surface area contributed by atoms with Gasteiger partial charge in [-0.15, -0.1) is 0 Å². The molecule has 1 aromatic heterocycles. The first kappa shape index (κ1) is 11.1. The van der Waals surface area contributed by atoms with Crippen LogP contribution in [0, 0.1) is 6.42 Å². The summed E-state index contributed by atoms with van der Waals surface area (Å²) in [6, 6.07) is 19.0. The first-order valence-electron chi connectivity index (χ1n) is 6.30. The number of rotatable bonds is 3. The van der Waals surface area contributed by atoms with Gasteiger partial charge in [0.05, 0.1) is 0 Å². The second kappa shape index (κ2) is 4.69. The van der Waals surface area contributed by atoms with Gasteiger partial charge in [-0.05, 0) is 23.1 Å². The van der Waals surface area contributed by atoms with E-state index in [1.807, 2.05) is 0 Å². The zero-order valence-electron chi connectivity index (χ0n) is 10.4. The van der Waals surface area contributed by atoms with Crippen LogP contribution in [0.5, 0.6) is 0 Å². The molecule has 1 heterocycles. The van der Waals surface area contributed by atoms with Crippen molar-refractivity contribution in [3.05, 3.63) is 78.3 Å². The fraction of sp³-hybridized carbons (Fsp3) is 0.118. The number of aromatic amines is 1. The highest BCUT2D eigenvalue weighted by Gasteiger charge is 2.10. The van der Waals surface area contributed by atoms with E-state index in [9.17, 15) is 0 Å². The molecule has 89 valence electrons. The number of H-pyrrole nitrogens is 1. The minimum Gasteiger partial charge on any atom is -0.361 e. The van der Waals surface area contributed by atoms with Crippen molar-refractivity contribution in [2.45, 2.75) is 12.8 Å². The molecule has 0 aliphatic rings. The molecule has 1 atom stereocenters. The van der Waals surface area contributed by atoms with Crippen LogP contribution in [0.25, 0.3) is 10.9 Å². The first-order chi connectivity index (χ1) is 8.84. The highest BCUT2D eigenvalue weighted by atomic mass is 14.7. The van der Waals surface area contributed by atoms with Crippen LogP contribution in [0.4, 0.5) is 0 Å². The van der Waals surface area contributed by atoms with Crippen molar-refractivity contribution in [2.75, 3.05) is 0 Å². The largest absolute Gasteiger partial charge is 0.361 e. The Morgan fingerprint density at radius 2 is 1.67 bits per heavy atom. The normalized spacial score (nSPS) is 12.7. The molecule has 1 heteroatoms. The predicted octanol–water partition coefficient (Wildman–Crippen LogP) is 4.52.